The molecule has 8 heteroatoms. The number of benzene rings is 3. The second-order valence-electron chi connectivity index (χ2n) is 8.58. The molecule has 0 bridgehead atoms. The average molecular weight is 495 g/mol. The Morgan fingerprint density at radius 1 is 0.892 bits per heavy atom. The first-order valence-electron chi connectivity index (χ1n) is 11.6. The molecule has 0 aliphatic heterocycles. The minimum absolute atomic E-state index is 0.203. The number of carbonyl (C=O) groups excluding carboxylic acids is 1. The number of esters is 1. The monoisotopic (exact) mass is 494 g/mol. The van der Waals surface area contributed by atoms with Crippen molar-refractivity contribution in [3.05, 3.63) is 88.3 Å². The van der Waals surface area contributed by atoms with E-state index in [1.807, 2.05) is 42.5 Å². The zero-order chi connectivity index (χ0) is 25.7. The number of pyridine rings is 2. The summed E-state index contributed by atoms with van der Waals surface area (Å²) in [4.78, 5) is 30.1. The molecule has 0 spiro atoms. The molecule has 184 valence electrons. The van der Waals surface area contributed by atoms with Crippen molar-refractivity contribution in [1.82, 2.24) is 9.38 Å². The number of hydrogen-bond donors (Lipinski definition) is 0. The number of ether oxygens (including phenoxy) is 4. The summed E-state index contributed by atoms with van der Waals surface area (Å²) in [5.74, 6) is 1.14. The molecule has 0 radical (unpaired) electrons. The smallest absolute Gasteiger partial charge is 0.337 e. The molecule has 0 aliphatic carbocycles. The predicted molar refractivity (Wildman–Crippen MR) is 140 cm³/mol. The van der Waals surface area contributed by atoms with Crippen LogP contribution in [0.2, 0.25) is 0 Å². The van der Waals surface area contributed by atoms with Crippen molar-refractivity contribution in [3.8, 4) is 17.2 Å². The van der Waals surface area contributed by atoms with E-state index in [2.05, 4.69) is 4.98 Å². The zero-order valence-corrected chi connectivity index (χ0v) is 20.4. The third-order valence-electron chi connectivity index (χ3n) is 6.65. The Balaban J connectivity index is 1.48. The largest absolute Gasteiger partial charge is 0.493 e. The molecule has 8 nitrogen and oxygen atoms in total. The lowest BCUT2D eigenvalue weighted by Crippen LogP contribution is -2.14. The SMILES string of the molecule is COC(=O)c1ccc(COc2ccc3c(c2)c2ccnc4c5ccc(OC)c(OC)c5c(=O)n3c24)cc1. The van der Waals surface area contributed by atoms with Gasteiger partial charge in [0.25, 0.3) is 5.56 Å². The van der Waals surface area contributed by atoms with Crippen LogP contribution in [0.15, 0.2) is 71.7 Å². The third kappa shape index (κ3) is 3.41. The predicted octanol–water partition coefficient (Wildman–Crippen LogP) is 4.97. The maximum atomic E-state index is 13.8. The first kappa shape index (κ1) is 22.6. The van der Waals surface area contributed by atoms with Crippen LogP contribution >= 0.6 is 0 Å². The molecule has 0 aliphatic rings. The molecular weight excluding hydrogens is 472 g/mol. The Labute approximate surface area is 210 Å². The number of nitrogens with zero attached hydrogens (tertiary/aromatic N) is 2. The Kier molecular flexibility index (Phi) is 5.30. The van der Waals surface area contributed by atoms with Gasteiger partial charge in [-0.15, -0.1) is 0 Å². The average Bonchev–Trinajstić information content (AvgIpc) is 3.28. The van der Waals surface area contributed by atoms with Crippen molar-refractivity contribution in [3.63, 3.8) is 0 Å². The van der Waals surface area contributed by atoms with Crippen LogP contribution in [0.4, 0.5) is 0 Å². The number of rotatable bonds is 6. The Hall–Kier alpha value is -4.85. The van der Waals surface area contributed by atoms with Gasteiger partial charge in [-0.2, -0.15) is 0 Å². The van der Waals surface area contributed by atoms with E-state index in [4.69, 9.17) is 18.9 Å². The second kappa shape index (κ2) is 8.67. The summed E-state index contributed by atoms with van der Waals surface area (Å²) < 4.78 is 23.5. The highest BCUT2D eigenvalue weighted by Crippen LogP contribution is 2.39. The summed E-state index contributed by atoms with van der Waals surface area (Å²) in [7, 11) is 4.42. The van der Waals surface area contributed by atoms with Gasteiger partial charge in [0.1, 0.15) is 12.4 Å². The highest BCUT2D eigenvalue weighted by atomic mass is 16.5. The van der Waals surface area contributed by atoms with Gasteiger partial charge in [0.05, 0.1) is 48.8 Å². The van der Waals surface area contributed by atoms with Crippen LogP contribution in [0.5, 0.6) is 17.2 Å². The third-order valence-corrected chi connectivity index (χ3v) is 6.65. The maximum Gasteiger partial charge on any atom is 0.337 e. The van der Waals surface area contributed by atoms with E-state index in [1.165, 1.54) is 14.2 Å². The topological polar surface area (TPSA) is 88.4 Å². The molecule has 0 amide bonds. The Morgan fingerprint density at radius 3 is 2.43 bits per heavy atom. The molecule has 3 aromatic heterocycles. The highest BCUT2D eigenvalue weighted by Gasteiger charge is 2.22. The van der Waals surface area contributed by atoms with Crippen molar-refractivity contribution in [1.29, 1.82) is 0 Å². The minimum Gasteiger partial charge on any atom is -0.493 e. The number of carbonyl (C=O) groups is 1. The highest BCUT2D eigenvalue weighted by molar-refractivity contribution is 6.19. The minimum atomic E-state index is -0.381. The van der Waals surface area contributed by atoms with Gasteiger partial charge < -0.3 is 18.9 Å². The molecule has 3 heterocycles. The van der Waals surface area contributed by atoms with Gasteiger partial charge in [-0.25, -0.2) is 4.79 Å². The summed E-state index contributed by atoms with van der Waals surface area (Å²) in [6.07, 6.45) is 1.74. The van der Waals surface area contributed by atoms with E-state index in [1.54, 1.807) is 35.9 Å². The first-order valence-corrected chi connectivity index (χ1v) is 11.6. The van der Waals surface area contributed by atoms with Gasteiger partial charge in [0, 0.05) is 22.4 Å². The van der Waals surface area contributed by atoms with Gasteiger partial charge in [-0.1, -0.05) is 12.1 Å². The number of methoxy groups -OCH3 is 3. The molecule has 37 heavy (non-hydrogen) atoms. The van der Waals surface area contributed by atoms with Crippen molar-refractivity contribution >= 4 is 44.1 Å². The van der Waals surface area contributed by atoms with E-state index < -0.39 is 0 Å². The lowest BCUT2D eigenvalue weighted by atomic mass is 10.1. The van der Waals surface area contributed by atoms with Crippen LogP contribution in [0, 0.1) is 0 Å². The number of fused-ring (bicyclic) bond motifs is 5. The molecule has 6 rings (SSSR count). The molecule has 0 saturated heterocycles. The van der Waals surface area contributed by atoms with Gasteiger partial charge in [-0.3, -0.25) is 14.2 Å². The van der Waals surface area contributed by atoms with E-state index in [0.717, 1.165) is 27.4 Å². The summed E-state index contributed by atoms with van der Waals surface area (Å²) >= 11 is 0. The molecule has 0 fully saturated rings. The summed E-state index contributed by atoms with van der Waals surface area (Å²) in [6, 6.07) is 18.3. The fourth-order valence-corrected chi connectivity index (χ4v) is 4.91. The van der Waals surface area contributed by atoms with E-state index in [0.29, 0.717) is 45.7 Å². The quantitative estimate of drug-likeness (QED) is 0.238. The van der Waals surface area contributed by atoms with Crippen LogP contribution in [0.1, 0.15) is 15.9 Å². The molecule has 0 atom stereocenters. The Morgan fingerprint density at radius 2 is 1.70 bits per heavy atom. The van der Waals surface area contributed by atoms with Crippen LogP contribution < -0.4 is 19.8 Å². The number of hydrogen-bond acceptors (Lipinski definition) is 7. The van der Waals surface area contributed by atoms with Crippen LogP contribution in [-0.2, 0) is 11.3 Å². The van der Waals surface area contributed by atoms with Crippen molar-refractivity contribution in [2.45, 2.75) is 6.61 Å². The van der Waals surface area contributed by atoms with E-state index in [9.17, 15) is 9.59 Å². The standard InChI is InChI=1S/C29H22N2O6/c1-34-23-11-9-20-24(27(23)35-2)28(32)31-22-10-8-18(14-21(22)19-12-13-30-25(20)26(19)31)37-15-16-4-6-17(7-5-16)29(33)36-3/h4-14H,15H2,1-3H3. The van der Waals surface area contributed by atoms with E-state index >= 15 is 0 Å². The fourth-order valence-electron chi connectivity index (χ4n) is 4.91. The van der Waals surface area contributed by atoms with Crippen molar-refractivity contribution in [2.75, 3.05) is 21.3 Å². The lowest BCUT2D eigenvalue weighted by molar-refractivity contribution is 0.0600. The summed E-state index contributed by atoms with van der Waals surface area (Å²) in [5, 5.41) is 2.91. The summed E-state index contributed by atoms with van der Waals surface area (Å²) in [6.45, 7) is 0.319. The molecule has 0 N–H and O–H groups in total. The molecule has 3 aromatic carbocycles. The molecular formula is C29H22N2O6. The van der Waals surface area contributed by atoms with Gasteiger partial charge >= 0.3 is 5.97 Å². The van der Waals surface area contributed by atoms with Gasteiger partial charge in [0.15, 0.2) is 11.5 Å². The Bertz CT molecular complexity index is 1870. The summed E-state index contributed by atoms with van der Waals surface area (Å²) in [5.41, 5.74) is 3.39. The van der Waals surface area contributed by atoms with E-state index in [-0.39, 0.29) is 11.5 Å². The number of aromatic nitrogens is 2. The van der Waals surface area contributed by atoms with Crippen LogP contribution in [0.25, 0.3) is 38.1 Å². The van der Waals surface area contributed by atoms with Crippen LogP contribution in [-0.4, -0.2) is 36.7 Å². The van der Waals surface area contributed by atoms with Crippen molar-refractivity contribution < 1.29 is 23.7 Å². The normalized spacial score (nSPS) is 11.4. The first-order chi connectivity index (χ1) is 18.0. The molecule has 6 aromatic rings. The molecule has 0 unspecified atom stereocenters. The van der Waals surface area contributed by atoms with Gasteiger partial charge in [0.2, 0.25) is 0 Å². The lowest BCUT2D eigenvalue weighted by Gasteiger charge is -2.12. The fraction of sp³-hybridized carbons (Fsp3) is 0.138. The van der Waals surface area contributed by atoms with Gasteiger partial charge in [-0.05, 0) is 54.1 Å². The second-order valence-corrected chi connectivity index (χ2v) is 8.58. The zero-order valence-electron chi connectivity index (χ0n) is 20.4. The van der Waals surface area contributed by atoms with Crippen LogP contribution in [0.3, 0.4) is 0 Å². The maximum absolute atomic E-state index is 13.8. The molecule has 0 saturated carbocycles. The van der Waals surface area contributed by atoms with Crippen molar-refractivity contribution in [2.24, 2.45) is 0 Å².